The summed E-state index contributed by atoms with van der Waals surface area (Å²) in [7, 11) is 0. The van der Waals surface area contributed by atoms with Crippen molar-refractivity contribution in [1.29, 1.82) is 5.26 Å². The second-order valence-corrected chi connectivity index (χ2v) is 6.34. The molecule has 7 nitrogen and oxygen atoms in total. The van der Waals surface area contributed by atoms with Gasteiger partial charge in [-0.25, -0.2) is 4.79 Å². The zero-order valence-corrected chi connectivity index (χ0v) is 15.8. The van der Waals surface area contributed by atoms with Crippen LogP contribution in [0.2, 0.25) is 0 Å². The Labute approximate surface area is 165 Å². The summed E-state index contributed by atoms with van der Waals surface area (Å²) in [6.07, 6.45) is -0.00320. The fourth-order valence-electron chi connectivity index (χ4n) is 2.65. The van der Waals surface area contributed by atoms with E-state index >= 15 is 0 Å². The number of amides is 2. The number of aliphatic hydroxyl groups is 1. The fraction of sp³-hybridized carbons (Fsp3) is 0.333. The molecule has 2 aromatic rings. The van der Waals surface area contributed by atoms with Crippen molar-refractivity contribution >= 4 is 6.03 Å². The summed E-state index contributed by atoms with van der Waals surface area (Å²) >= 11 is 0. The Hall–Kier alpha value is -3.08. The number of hydrogen-bond donors (Lipinski definition) is 3. The van der Waals surface area contributed by atoms with E-state index in [-0.39, 0.29) is 6.61 Å². The zero-order valence-electron chi connectivity index (χ0n) is 15.8. The van der Waals surface area contributed by atoms with Crippen LogP contribution in [0.1, 0.15) is 11.1 Å². The molecule has 0 saturated heterocycles. The van der Waals surface area contributed by atoms with Crippen molar-refractivity contribution < 1.29 is 14.6 Å². The molecule has 2 aromatic carbocycles. The predicted molar refractivity (Wildman–Crippen MR) is 107 cm³/mol. The van der Waals surface area contributed by atoms with Crippen LogP contribution in [0, 0.1) is 11.3 Å². The number of rotatable bonds is 11. The van der Waals surface area contributed by atoms with Crippen LogP contribution in [0.25, 0.3) is 0 Å². The van der Waals surface area contributed by atoms with Crippen LogP contribution in [-0.4, -0.2) is 54.9 Å². The minimum atomic E-state index is -0.738. The van der Waals surface area contributed by atoms with E-state index in [1.807, 2.05) is 36.4 Å². The summed E-state index contributed by atoms with van der Waals surface area (Å²) < 4.78 is 5.50. The lowest BCUT2D eigenvalue weighted by Crippen LogP contribution is -2.43. The quantitative estimate of drug-likeness (QED) is 0.510. The van der Waals surface area contributed by atoms with Crippen molar-refractivity contribution in [3.05, 3.63) is 65.7 Å². The number of para-hydroxylation sites is 1. The monoisotopic (exact) mass is 382 g/mol. The molecular weight excluding hydrogens is 356 g/mol. The lowest BCUT2D eigenvalue weighted by Gasteiger charge is -2.21. The van der Waals surface area contributed by atoms with Crippen LogP contribution in [0.5, 0.6) is 5.75 Å². The van der Waals surface area contributed by atoms with Crippen LogP contribution in [0.15, 0.2) is 54.6 Å². The highest BCUT2D eigenvalue weighted by Crippen LogP contribution is 2.16. The molecule has 0 aliphatic heterocycles. The molecule has 0 spiro atoms. The number of ether oxygens (including phenoxy) is 1. The average molecular weight is 382 g/mol. The third-order valence-electron chi connectivity index (χ3n) is 4.20. The first-order chi connectivity index (χ1) is 13.6. The summed E-state index contributed by atoms with van der Waals surface area (Å²) in [6.45, 7) is 1.87. The smallest absolute Gasteiger partial charge is 0.314 e. The van der Waals surface area contributed by atoms with E-state index in [9.17, 15) is 9.90 Å². The number of nitrogens with two attached hydrogens (primary N) is 1. The minimum Gasteiger partial charge on any atom is -0.489 e. The van der Waals surface area contributed by atoms with Gasteiger partial charge in [-0.1, -0.05) is 42.5 Å². The Morgan fingerprint density at radius 2 is 1.89 bits per heavy atom. The van der Waals surface area contributed by atoms with Gasteiger partial charge in [0.25, 0.3) is 0 Å². The molecule has 0 aliphatic carbocycles. The predicted octanol–water partition coefficient (Wildman–Crippen LogP) is 1.51. The summed E-state index contributed by atoms with van der Waals surface area (Å²) in [4.78, 5) is 13.2. The summed E-state index contributed by atoms with van der Waals surface area (Å²) in [5.41, 5.74) is 7.02. The van der Waals surface area contributed by atoms with Crippen LogP contribution in [0.4, 0.5) is 4.79 Å². The summed E-state index contributed by atoms with van der Waals surface area (Å²) in [6, 6.07) is 18.4. The van der Waals surface area contributed by atoms with Crippen LogP contribution in [0.3, 0.4) is 0 Å². The van der Waals surface area contributed by atoms with Crippen molar-refractivity contribution in [2.75, 3.05) is 32.8 Å². The van der Waals surface area contributed by atoms with E-state index in [1.54, 1.807) is 29.2 Å². The van der Waals surface area contributed by atoms with Gasteiger partial charge >= 0.3 is 6.03 Å². The van der Waals surface area contributed by atoms with Gasteiger partial charge < -0.3 is 25.8 Å². The van der Waals surface area contributed by atoms with E-state index in [2.05, 4.69) is 5.32 Å². The van der Waals surface area contributed by atoms with E-state index in [0.29, 0.717) is 37.5 Å². The molecule has 28 heavy (non-hydrogen) atoms. The summed E-state index contributed by atoms with van der Waals surface area (Å²) in [5, 5.41) is 22.1. The highest BCUT2D eigenvalue weighted by atomic mass is 16.5. The lowest BCUT2D eigenvalue weighted by molar-refractivity contribution is 0.106. The molecule has 7 heteroatoms. The molecule has 0 bridgehead atoms. The molecule has 4 N–H and O–H groups in total. The molecule has 0 unspecified atom stereocenters. The SMILES string of the molecule is N#Cc1ccccc1OC[C@H](O)CNCCN(CCc1ccccc1)C(N)=O. The number of primary amides is 1. The molecule has 0 radical (unpaired) electrons. The molecule has 1 atom stereocenters. The highest BCUT2D eigenvalue weighted by Gasteiger charge is 2.11. The van der Waals surface area contributed by atoms with E-state index in [0.717, 1.165) is 12.0 Å². The lowest BCUT2D eigenvalue weighted by atomic mass is 10.1. The molecule has 0 fully saturated rings. The van der Waals surface area contributed by atoms with Crippen LogP contribution < -0.4 is 15.8 Å². The second-order valence-electron chi connectivity index (χ2n) is 6.34. The van der Waals surface area contributed by atoms with Crippen molar-refractivity contribution in [1.82, 2.24) is 10.2 Å². The standard InChI is InChI=1S/C21H26N4O3/c22-14-18-8-4-5-9-20(18)28-16-19(26)15-24-11-13-25(21(23)27)12-10-17-6-2-1-3-7-17/h1-9,19,24,26H,10-13,15-16H2,(H2,23,27)/t19-/m1/s1. The Bertz CT molecular complexity index is 777. The number of nitrogens with zero attached hydrogens (tertiary/aromatic N) is 2. The number of hydrogen-bond acceptors (Lipinski definition) is 5. The number of benzene rings is 2. The molecule has 0 aliphatic rings. The van der Waals surface area contributed by atoms with Gasteiger partial charge in [-0.2, -0.15) is 5.26 Å². The van der Waals surface area contributed by atoms with Crippen molar-refractivity contribution in [2.45, 2.75) is 12.5 Å². The van der Waals surface area contributed by atoms with Crippen molar-refractivity contribution in [2.24, 2.45) is 5.73 Å². The summed E-state index contributed by atoms with van der Waals surface area (Å²) in [5.74, 6) is 0.449. The van der Waals surface area contributed by atoms with Gasteiger partial charge in [-0.3, -0.25) is 0 Å². The Balaban J connectivity index is 1.66. The number of nitrogens with one attached hydrogen (secondary N) is 1. The Morgan fingerprint density at radius 1 is 1.18 bits per heavy atom. The average Bonchev–Trinajstić information content (AvgIpc) is 2.72. The maximum atomic E-state index is 11.6. The Kier molecular flexibility index (Phi) is 8.79. The number of urea groups is 1. The third-order valence-corrected chi connectivity index (χ3v) is 4.20. The first-order valence-electron chi connectivity index (χ1n) is 9.19. The first-order valence-corrected chi connectivity index (χ1v) is 9.19. The van der Waals surface area contributed by atoms with Gasteiger partial charge in [0.1, 0.15) is 24.5 Å². The third kappa shape index (κ3) is 7.27. The molecule has 0 saturated carbocycles. The second kappa shape index (κ2) is 11.6. The number of carbonyl (C=O) groups excluding carboxylic acids is 1. The molecule has 0 aromatic heterocycles. The zero-order chi connectivity index (χ0) is 20.2. The van der Waals surface area contributed by atoms with Gasteiger partial charge in [0.2, 0.25) is 0 Å². The van der Waals surface area contributed by atoms with E-state index in [4.69, 9.17) is 15.7 Å². The number of nitriles is 1. The molecular formula is C21H26N4O3. The highest BCUT2D eigenvalue weighted by molar-refractivity contribution is 5.72. The maximum absolute atomic E-state index is 11.6. The maximum Gasteiger partial charge on any atom is 0.314 e. The van der Waals surface area contributed by atoms with Gasteiger partial charge in [-0.05, 0) is 24.1 Å². The van der Waals surface area contributed by atoms with Gasteiger partial charge in [0.05, 0.1) is 5.56 Å². The normalized spacial score (nSPS) is 11.4. The topological polar surface area (TPSA) is 112 Å². The van der Waals surface area contributed by atoms with Gasteiger partial charge in [0, 0.05) is 26.2 Å². The van der Waals surface area contributed by atoms with Crippen molar-refractivity contribution in [3.63, 3.8) is 0 Å². The Morgan fingerprint density at radius 3 is 2.61 bits per heavy atom. The fourth-order valence-corrected chi connectivity index (χ4v) is 2.65. The molecule has 148 valence electrons. The molecule has 0 heterocycles. The van der Waals surface area contributed by atoms with Gasteiger partial charge in [0.15, 0.2) is 0 Å². The van der Waals surface area contributed by atoms with Crippen LogP contribution >= 0.6 is 0 Å². The minimum absolute atomic E-state index is 0.0687. The van der Waals surface area contributed by atoms with E-state index in [1.165, 1.54) is 0 Å². The van der Waals surface area contributed by atoms with Crippen molar-refractivity contribution in [3.8, 4) is 11.8 Å². The molecule has 2 amide bonds. The van der Waals surface area contributed by atoms with Crippen LogP contribution in [-0.2, 0) is 6.42 Å². The largest absolute Gasteiger partial charge is 0.489 e. The number of carbonyl (C=O) groups is 1. The molecule has 2 rings (SSSR count). The van der Waals surface area contributed by atoms with E-state index < -0.39 is 12.1 Å². The first kappa shape index (κ1) is 21.2. The number of aliphatic hydroxyl groups excluding tert-OH is 1. The van der Waals surface area contributed by atoms with Gasteiger partial charge in [-0.15, -0.1) is 0 Å².